The van der Waals surface area contributed by atoms with Gasteiger partial charge < -0.3 is 19.6 Å². The number of nitrogens with zero attached hydrogens (tertiary/aromatic N) is 2. The summed E-state index contributed by atoms with van der Waals surface area (Å²) in [5.74, 6) is -1.03. The Morgan fingerprint density at radius 1 is 1.00 bits per heavy atom. The molecular weight excluding hydrogens is 456 g/mol. The van der Waals surface area contributed by atoms with E-state index in [1.54, 1.807) is 29.2 Å². The maximum atomic E-state index is 14.1. The number of amides is 2. The molecule has 2 aliphatic rings. The minimum absolute atomic E-state index is 0.102. The molecule has 0 bridgehead atoms. The number of aromatic carboxylic acids is 1. The van der Waals surface area contributed by atoms with Gasteiger partial charge in [-0.05, 0) is 63.3 Å². The Hall–Kier alpha value is -3.35. The van der Waals surface area contributed by atoms with Gasteiger partial charge in [-0.1, -0.05) is 48.9 Å². The van der Waals surface area contributed by atoms with Crippen LogP contribution < -0.4 is 0 Å². The van der Waals surface area contributed by atoms with Crippen LogP contribution in [-0.4, -0.2) is 51.6 Å². The molecule has 1 aliphatic heterocycles. The van der Waals surface area contributed by atoms with Gasteiger partial charge in [0, 0.05) is 37.5 Å². The van der Waals surface area contributed by atoms with Gasteiger partial charge in [-0.15, -0.1) is 0 Å². The minimum Gasteiger partial charge on any atom is -0.478 e. The molecule has 0 radical (unpaired) electrons. The molecule has 1 heterocycles. The van der Waals surface area contributed by atoms with Gasteiger partial charge >= 0.3 is 12.1 Å². The van der Waals surface area contributed by atoms with E-state index >= 15 is 0 Å². The van der Waals surface area contributed by atoms with Gasteiger partial charge in [0.15, 0.2) is 0 Å². The van der Waals surface area contributed by atoms with Crippen LogP contribution in [0.1, 0.15) is 67.9 Å². The predicted octanol–water partition coefficient (Wildman–Crippen LogP) is 5.34. The molecule has 1 spiro atoms. The van der Waals surface area contributed by atoms with E-state index in [9.17, 15) is 19.5 Å². The van der Waals surface area contributed by atoms with Crippen molar-refractivity contribution in [2.75, 3.05) is 13.1 Å². The Bertz CT molecular complexity index is 1090. The smallest absolute Gasteiger partial charge is 0.410 e. The van der Waals surface area contributed by atoms with Gasteiger partial charge in [0.25, 0.3) is 0 Å². The summed E-state index contributed by atoms with van der Waals surface area (Å²) in [7, 11) is 0. The maximum absolute atomic E-state index is 14.1. The van der Waals surface area contributed by atoms with Crippen molar-refractivity contribution in [1.82, 2.24) is 9.80 Å². The van der Waals surface area contributed by atoms with E-state index in [4.69, 9.17) is 4.74 Å². The first-order valence-corrected chi connectivity index (χ1v) is 12.7. The van der Waals surface area contributed by atoms with Crippen LogP contribution in [0, 0.1) is 11.3 Å². The summed E-state index contributed by atoms with van der Waals surface area (Å²) in [6.07, 6.45) is 3.19. The zero-order chi connectivity index (χ0) is 25.9. The van der Waals surface area contributed by atoms with Crippen LogP contribution in [0.2, 0.25) is 0 Å². The second-order valence-electron chi connectivity index (χ2n) is 11.1. The number of benzene rings is 2. The lowest BCUT2D eigenvalue weighted by Crippen LogP contribution is -2.43. The van der Waals surface area contributed by atoms with Crippen molar-refractivity contribution in [2.24, 2.45) is 11.3 Å². The second-order valence-corrected chi connectivity index (χ2v) is 11.1. The largest absolute Gasteiger partial charge is 0.478 e. The Labute approximate surface area is 213 Å². The van der Waals surface area contributed by atoms with E-state index in [0.29, 0.717) is 26.2 Å². The summed E-state index contributed by atoms with van der Waals surface area (Å²) in [5, 5.41) is 9.22. The van der Waals surface area contributed by atoms with Crippen LogP contribution in [0.15, 0.2) is 54.6 Å². The maximum Gasteiger partial charge on any atom is 0.410 e. The molecule has 1 N–H and O–H groups in total. The minimum atomic E-state index is -0.970. The highest BCUT2D eigenvalue weighted by Crippen LogP contribution is 2.50. The molecule has 1 saturated heterocycles. The molecule has 4 rings (SSSR count). The van der Waals surface area contributed by atoms with E-state index in [0.717, 1.165) is 36.8 Å². The van der Waals surface area contributed by atoms with Crippen molar-refractivity contribution in [2.45, 2.75) is 65.1 Å². The molecule has 7 heteroatoms. The zero-order valence-electron chi connectivity index (χ0n) is 21.4. The van der Waals surface area contributed by atoms with E-state index in [1.807, 2.05) is 56.0 Å². The predicted molar refractivity (Wildman–Crippen MR) is 136 cm³/mol. The van der Waals surface area contributed by atoms with E-state index in [-0.39, 0.29) is 28.9 Å². The summed E-state index contributed by atoms with van der Waals surface area (Å²) in [4.78, 5) is 41.7. The van der Waals surface area contributed by atoms with Gasteiger partial charge in [0.1, 0.15) is 5.60 Å². The number of likely N-dealkylation sites (tertiary alicyclic amines) is 1. The highest BCUT2D eigenvalue weighted by atomic mass is 16.6. The van der Waals surface area contributed by atoms with Crippen molar-refractivity contribution in [3.63, 3.8) is 0 Å². The number of carboxylic acid groups (broad SMARTS) is 1. The lowest BCUT2D eigenvalue weighted by Gasteiger charge is -2.35. The number of carbonyl (C=O) groups is 3. The molecule has 192 valence electrons. The fraction of sp³-hybridized carbons (Fsp3) is 0.483. The summed E-state index contributed by atoms with van der Waals surface area (Å²) >= 11 is 0. The first-order valence-electron chi connectivity index (χ1n) is 12.7. The SMILES string of the molecule is CC(C)(C)OC(=O)N1CC[C@]2(CCC[C@H]2C(=O)N(Cc2ccccc2)Cc2ccc(C(=O)O)cc2)C1. The normalized spacial score (nSPS) is 21.5. The Kier molecular flexibility index (Phi) is 7.38. The van der Waals surface area contributed by atoms with Crippen LogP contribution in [0.25, 0.3) is 0 Å². The van der Waals surface area contributed by atoms with E-state index in [2.05, 4.69) is 0 Å². The number of hydrogen-bond donors (Lipinski definition) is 1. The van der Waals surface area contributed by atoms with Crippen molar-refractivity contribution in [3.05, 3.63) is 71.3 Å². The Balaban J connectivity index is 1.54. The third-order valence-corrected chi connectivity index (χ3v) is 7.34. The summed E-state index contributed by atoms with van der Waals surface area (Å²) in [5.41, 5.74) is 1.37. The first kappa shape index (κ1) is 25.7. The molecule has 0 aromatic heterocycles. The van der Waals surface area contributed by atoms with E-state index < -0.39 is 11.6 Å². The monoisotopic (exact) mass is 492 g/mol. The van der Waals surface area contributed by atoms with Crippen LogP contribution >= 0.6 is 0 Å². The molecule has 0 unspecified atom stereocenters. The molecule has 1 saturated carbocycles. The van der Waals surface area contributed by atoms with Gasteiger partial charge in [-0.25, -0.2) is 9.59 Å². The third-order valence-electron chi connectivity index (χ3n) is 7.34. The van der Waals surface area contributed by atoms with Gasteiger partial charge in [0.2, 0.25) is 5.91 Å². The standard InChI is InChI=1S/C29H36N2O5/c1-28(2,3)36-27(35)30-17-16-29(20-30)15-7-10-24(29)25(32)31(18-21-8-5-4-6-9-21)19-22-11-13-23(14-12-22)26(33)34/h4-6,8-9,11-14,24H,7,10,15-20H2,1-3H3,(H,33,34)/t24-,29+/m0/s1. The number of hydrogen-bond acceptors (Lipinski definition) is 4. The number of rotatable bonds is 6. The fourth-order valence-electron chi connectivity index (χ4n) is 5.60. The summed E-state index contributed by atoms with van der Waals surface area (Å²) in [6.45, 7) is 7.62. The average Bonchev–Trinajstić information content (AvgIpc) is 3.45. The molecule has 7 nitrogen and oxygen atoms in total. The number of ether oxygens (including phenoxy) is 1. The van der Waals surface area contributed by atoms with E-state index in [1.165, 1.54) is 0 Å². The highest BCUT2D eigenvalue weighted by molar-refractivity contribution is 5.87. The number of carboxylic acids is 1. The van der Waals surface area contributed by atoms with Crippen LogP contribution in [0.4, 0.5) is 4.79 Å². The van der Waals surface area contributed by atoms with Crippen molar-refractivity contribution in [1.29, 1.82) is 0 Å². The molecule has 2 aromatic rings. The van der Waals surface area contributed by atoms with Crippen molar-refractivity contribution < 1.29 is 24.2 Å². The lowest BCUT2D eigenvalue weighted by atomic mass is 9.76. The van der Waals surface area contributed by atoms with Crippen LogP contribution in [0.5, 0.6) is 0 Å². The quantitative estimate of drug-likeness (QED) is 0.588. The molecule has 2 atom stereocenters. The Morgan fingerprint density at radius 2 is 1.64 bits per heavy atom. The summed E-state index contributed by atoms with van der Waals surface area (Å²) < 4.78 is 5.60. The van der Waals surface area contributed by atoms with Gasteiger partial charge in [-0.2, -0.15) is 0 Å². The fourth-order valence-corrected chi connectivity index (χ4v) is 5.60. The average molecular weight is 493 g/mol. The second kappa shape index (κ2) is 10.3. The van der Waals surface area contributed by atoms with Crippen molar-refractivity contribution in [3.8, 4) is 0 Å². The third kappa shape index (κ3) is 5.89. The summed E-state index contributed by atoms with van der Waals surface area (Å²) in [6, 6.07) is 16.6. The van der Waals surface area contributed by atoms with Gasteiger partial charge in [-0.3, -0.25) is 4.79 Å². The molecule has 2 amide bonds. The van der Waals surface area contributed by atoms with Crippen LogP contribution in [-0.2, 0) is 22.6 Å². The number of carbonyl (C=O) groups excluding carboxylic acids is 2. The molecule has 2 fully saturated rings. The first-order chi connectivity index (χ1) is 17.1. The Morgan fingerprint density at radius 3 is 2.25 bits per heavy atom. The topological polar surface area (TPSA) is 87.2 Å². The molecule has 1 aliphatic carbocycles. The lowest BCUT2D eigenvalue weighted by molar-refractivity contribution is -0.140. The molecular formula is C29H36N2O5. The zero-order valence-corrected chi connectivity index (χ0v) is 21.4. The molecule has 36 heavy (non-hydrogen) atoms. The highest BCUT2D eigenvalue weighted by Gasteiger charge is 2.52. The molecule has 2 aromatic carbocycles. The van der Waals surface area contributed by atoms with Crippen molar-refractivity contribution >= 4 is 18.0 Å². The van der Waals surface area contributed by atoms with Crippen LogP contribution in [0.3, 0.4) is 0 Å². The van der Waals surface area contributed by atoms with Gasteiger partial charge in [0.05, 0.1) is 5.56 Å².